The van der Waals surface area contributed by atoms with E-state index in [0.717, 1.165) is 6.42 Å². The average molecular weight is 201 g/mol. The molecule has 0 radical (unpaired) electrons. The minimum atomic E-state index is -0.893. The fourth-order valence-electron chi connectivity index (χ4n) is 1.59. The van der Waals surface area contributed by atoms with Crippen molar-refractivity contribution in [3.8, 4) is 0 Å². The number of carboxylic acid groups (broad SMARTS) is 1. The van der Waals surface area contributed by atoms with E-state index in [4.69, 9.17) is 5.11 Å². The lowest BCUT2D eigenvalue weighted by atomic mass is 9.81. The first-order valence-corrected chi connectivity index (χ1v) is 4.90. The second-order valence-electron chi connectivity index (χ2n) is 3.65. The first-order valence-electron chi connectivity index (χ1n) is 4.90. The highest BCUT2D eigenvalue weighted by atomic mass is 16.4. The van der Waals surface area contributed by atoms with Crippen molar-refractivity contribution in [2.45, 2.75) is 27.2 Å². The minimum Gasteiger partial charge on any atom is -0.481 e. The van der Waals surface area contributed by atoms with Crippen LogP contribution in [0.25, 0.3) is 0 Å². The maximum absolute atomic E-state index is 11.3. The summed E-state index contributed by atoms with van der Waals surface area (Å²) in [5.74, 6) is -2.17. The van der Waals surface area contributed by atoms with Crippen molar-refractivity contribution in [3.63, 3.8) is 0 Å². The van der Waals surface area contributed by atoms with Gasteiger partial charge in [-0.15, -0.1) is 0 Å². The Labute approximate surface area is 84.7 Å². The van der Waals surface area contributed by atoms with Crippen LogP contribution in [0, 0.1) is 17.8 Å². The van der Waals surface area contributed by atoms with Gasteiger partial charge in [-0.25, -0.2) is 0 Å². The van der Waals surface area contributed by atoms with Gasteiger partial charge < -0.3 is 10.4 Å². The van der Waals surface area contributed by atoms with Crippen LogP contribution in [0.3, 0.4) is 0 Å². The van der Waals surface area contributed by atoms with E-state index in [2.05, 4.69) is 5.32 Å². The number of carbonyl (C=O) groups excluding carboxylic acids is 1. The normalized spacial score (nSPS) is 16.9. The summed E-state index contributed by atoms with van der Waals surface area (Å²) in [5.41, 5.74) is 0. The molecule has 0 aromatic heterocycles. The second-order valence-corrected chi connectivity index (χ2v) is 3.65. The van der Waals surface area contributed by atoms with Crippen molar-refractivity contribution in [2.75, 3.05) is 7.05 Å². The molecular weight excluding hydrogens is 182 g/mol. The summed E-state index contributed by atoms with van der Waals surface area (Å²) in [6.45, 7) is 5.44. The average Bonchev–Trinajstić information content (AvgIpc) is 2.15. The second kappa shape index (κ2) is 5.62. The van der Waals surface area contributed by atoms with Gasteiger partial charge >= 0.3 is 5.97 Å². The molecule has 0 aromatic rings. The van der Waals surface area contributed by atoms with Gasteiger partial charge in [0.1, 0.15) is 0 Å². The third kappa shape index (κ3) is 3.01. The molecule has 3 atom stereocenters. The summed E-state index contributed by atoms with van der Waals surface area (Å²) >= 11 is 0. The first-order chi connectivity index (χ1) is 6.45. The summed E-state index contributed by atoms with van der Waals surface area (Å²) in [6.07, 6.45) is 0.762. The Balaban J connectivity index is 4.65. The topological polar surface area (TPSA) is 66.4 Å². The van der Waals surface area contributed by atoms with Crippen LogP contribution in [-0.2, 0) is 9.59 Å². The molecule has 1 amide bonds. The molecule has 2 N–H and O–H groups in total. The highest BCUT2D eigenvalue weighted by molar-refractivity contribution is 5.84. The Kier molecular flexibility index (Phi) is 5.20. The number of nitrogens with one attached hydrogen (secondary N) is 1. The molecule has 0 spiro atoms. The zero-order valence-corrected chi connectivity index (χ0v) is 9.20. The lowest BCUT2D eigenvalue weighted by Crippen LogP contribution is -2.37. The van der Waals surface area contributed by atoms with Crippen LogP contribution in [0.15, 0.2) is 0 Å². The maximum Gasteiger partial charge on any atom is 0.307 e. The van der Waals surface area contributed by atoms with Gasteiger partial charge in [0.05, 0.1) is 5.92 Å². The predicted molar refractivity (Wildman–Crippen MR) is 53.8 cm³/mol. The van der Waals surface area contributed by atoms with E-state index in [9.17, 15) is 9.59 Å². The predicted octanol–water partition coefficient (Wildman–Crippen LogP) is 1.12. The minimum absolute atomic E-state index is 0.0137. The Morgan fingerprint density at radius 3 is 2.14 bits per heavy atom. The van der Waals surface area contributed by atoms with E-state index in [1.54, 1.807) is 6.92 Å². The number of hydrogen-bond donors (Lipinski definition) is 2. The molecule has 0 bridgehead atoms. The van der Waals surface area contributed by atoms with Crippen molar-refractivity contribution >= 4 is 11.9 Å². The molecule has 0 heterocycles. The Morgan fingerprint density at radius 2 is 1.86 bits per heavy atom. The Hall–Kier alpha value is -1.06. The van der Waals surface area contributed by atoms with Crippen LogP contribution in [0.1, 0.15) is 27.2 Å². The molecule has 0 saturated heterocycles. The van der Waals surface area contributed by atoms with Crippen LogP contribution < -0.4 is 5.32 Å². The summed E-state index contributed by atoms with van der Waals surface area (Å²) in [5, 5.41) is 11.5. The number of amides is 1. The summed E-state index contributed by atoms with van der Waals surface area (Å²) < 4.78 is 0. The summed E-state index contributed by atoms with van der Waals surface area (Å²) in [6, 6.07) is 0. The van der Waals surface area contributed by atoms with Gasteiger partial charge in [-0.05, 0) is 5.92 Å². The van der Waals surface area contributed by atoms with Crippen molar-refractivity contribution in [3.05, 3.63) is 0 Å². The third-order valence-electron chi connectivity index (χ3n) is 2.74. The van der Waals surface area contributed by atoms with Crippen LogP contribution >= 0.6 is 0 Å². The molecule has 0 fully saturated rings. The molecule has 0 aliphatic rings. The molecule has 0 aliphatic heterocycles. The van der Waals surface area contributed by atoms with E-state index in [1.165, 1.54) is 7.05 Å². The molecular formula is C10H19NO3. The van der Waals surface area contributed by atoms with Crippen molar-refractivity contribution in [1.82, 2.24) is 5.32 Å². The third-order valence-corrected chi connectivity index (χ3v) is 2.74. The van der Waals surface area contributed by atoms with Gasteiger partial charge in [-0.3, -0.25) is 9.59 Å². The molecule has 14 heavy (non-hydrogen) atoms. The quantitative estimate of drug-likeness (QED) is 0.700. The smallest absolute Gasteiger partial charge is 0.307 e. The molecule has 0 aliphatic carbocycles. The molecule has 0 aromatic carbocycles. The van der Waals surface area contributed by atoms with Crippen LogP contribution in [0.4, 0.5) is 0 Å². The Morgan fingerprint density at radius 1 is 1.36 bits per heavy atom. The fourth-order valence-corrected chi connectivity index (χ4v) is 1.59. The lowest BCUT2D eigenvalue weighted by molar-refractivity contribution is -0.149. The highest BCUT2D eigenvalue weighted by Crippen LogP contribution is 2.24. The molecule has 0 saturated carbocycles. The first kappa shape index (κ1) is 12.9. The largest absolute Gasteiger partial charge is 0.481 e. The number of hydrogen-bond acceptors (Lipinski definition) is 2. The zero-order chi connectivity index (χ0) is 11.3. The highest BCUT2D eigenvalue weighted by Gasteiger charge is 2.33. The standard InChI is InChI=1S/C10H19NO3/c1-5-6(2)8(10(13)14)7(3)9(12)11-4/h6-8H,5H2,1-4H3,(H,11,12)(H,13,14). The fraction of sp³-hybridized carbons (Fsp3) is 0.800. The molecule has 4 heteroatoms. The Bertz CT molecular complexity index is 215. The molecule has 3 unspecified atom stereocenters. The van der Waals surface area contributed by atoms with Gasteiger partial charge in [0.15, 0.2) is 0 Å². The van der Waals surface area contributed by atoms with Crippen LogP contribution in [0.2, 0.25) is 0 Å². The molecule has 82 valence electrons. The van der Waals surface area contributed by atoms with Crippen molar-refractivity contribution in [1.29, 1.82) is 0 Å². The van der Waals surface area contributed by atoms with E-state index in [-0.39, 0.29) is 11.8 Å². The molecule has 4 nitrogen and oxygen atoms in total. The lowest BCUT2D eigenvalue weighted by Gasteiger charge is -2.23. The monoisotopic (exact) mass is 201 g/mol. The molecule has 0 rings (SSSR count). The number of rotatable bonds is 5. The van der Waals surface area contributed by atoms with Gasteiger partial charge in [-0.2, -0.15) is 0 Å². The van der Waals surface area contributed by atoms with E-state index in [1.807, 2.05) is 13.8 Å². The summed E-state index contributed by atoms with van der Waals surface area (Å²) in [4.78, 5) is 22.3. The van der Waals surface area contributed by atoms with Crippen LogP contribution in [-0.4, -0.2) is 24.0 Å². The van der Waals surface area contributed by atoms with Gasteiger partial charge in [-0.1, -0.05) is 27.2 Å². The zero-order valence-electron chi connectivity index (χ0n) is 9.20. The summed E-state index contributed by atoms with van der Waals surface area (Å²) in [7, 11) is 1.52. The number of carboxylic acids is 1. The van der Waals surface area contributed by atoms with Gasteiger partial charge in [0, 0.05) is 13.0 Å². The SMILES string of the molecule is CCC(C)C(C(=O)O)C(C)C(=O)NC. The van der Waals surface area contributed by atoms with Crippen molar-refractivity contribution in [2.24, 2.45) is 17.8 Å². The van der Waals surface area contributed by atoms with Gasteiger partial charge in [0.25, 0.3) is 0 Å². The van der Waals surface area contributed by atoms with E-state index in [0.29, 0.717) is 0 Å². The van der Waals surface area contributed by atoms with Gasteiger partial charge in [0.2, 0.25) is 5.91 Å². The van der Waals surface area contributed by atoms with E-state index >= 15 is 0 Å². The van der Waals surface area contributed by atoms with Crippen LogP contribution in [0.5, 0.6) is 0 Å². The number of carbonyl (C=O) groups is 2. The maximum atomic E-state index is 11.3. The van der Waals surface area contributed by atoms with E-state index < -0.39 is 17.8 Å². The van der Waals surface area contributed by atoms with Crippen molar-refractivity contribution < 1.29 is 14.7 Å². The number of aliphatic carboxylic acids is 1.